The third kappa shape index (κ3) is 1.94. The summed E-state index contributed by atoms with van der Waals surface area (Å²) in [6.07, 6.45) is 2.62. The second kappa shape index (κ2) is 3.69. The van der Waals surface area contributed by atoms with Crippen molar-refractivity contribution in [2.24, 2.45) is 0 Å². The second-order valence-electron chi connectivity index (χ2n) is 3.61. The molecule has 0 aromatic carbocycles. The zero-order chi connectivity index (χ0) is 9.19. The summed E-state index contributed by atoms with van der Waals surface area (Å²) in [5, 5.41) is 0. The topological polar surface area (TPSA) is 3.24 Å². The maximum Gasteiger partial charge on any atom is 0.263 e. The lowest BCUT2D eigenvalue weighted by Gasteiger charge is -2.37. The maximum absolute atomic E-state index is 13.2. The number of hydrogen-bond donors (Lipinski definition) is 0. The van der Waals surface area contributed by atoms with E-state index in [1.165, 1.54) is 0 Å². The molecule has 0 radical (unpaired) electrons. The molecule has 1 rings (SSSR count). The summed E-state index contributed by atoms with van der Waals surface area (Å²) in [5.74, 6) is -2.49. The fourth-order valence-corrected chi connectivity index (χ4v) is 1.84. The molecule has 1 fully saturated rings. The molecular formula is C9H17F2N. The van der Waals surface area contributed by atoms with Crippen molar-refractivity contribution in [3.05, 3.63) is 0 Å². The standard InChI is InChI=1S/C9H17F2N/c1-3-9(10,11)8-6-4-5-7-12(8)2/h8H,3-7H2,1-2H3/t8-/m0/s1. The van der Waals surface area contributed by atoms with Crippen LogP contribution in [0, 0.1) is 0 Å². The van der Waals surface area contributed by atoms with Crippen LogP contribution in [0.4, 0.5) is 8.78 Å². The Morgan fingerprint density at radius 2 is 2.08 bits per heavy atom. The Hall–Kier alpha value is -0.180. The zero-order valence-corrected chi connectivity index (χ0v) is 7.82. The van der Waals surface area contributed by atoms with E-state index >= 15 is 0 Å². The first kappa shape index (κ1) is 9.90. The molecule has 0 saturated carbocycles. The van der Waals surface area contributed by atoms with Crippen LogP contribution >= 0.6 is 0 Å². The molecule has 0 aromatic rings. The van der Waals surface area contributed by atoms with Gasteiger partial charge in [0.05, 0.1) is 6.04 Å². The first-order valence-corrected chi connectivity index (χ1v) is 4.66. The summed E-state index contributed by atoms with van der Waals surface area (Å²) in [7, 11) is 1.80. The van der Waals surface area contributed by atoms with Crippen LogP contribution in [-0.2, 0) is 0 Å². The van der Waals surface area contributed by atoms with Gasteiger partial charge in [0, 0.05) is 6.42 Å². The van der Waals surface area contributed by atoms with Crippen molar-refractivity contribution in [3.8, 4) is 0 Å². The molecule has 1 nitrogen and oxygen atoms in total. The summed E-state index contributed by atoms with van der Waals surface area (Å²) < 4.78 is 26.5. The molecule has 0 spiro atoms. The van der Waals surface area contributed by atoms with Gasteiger partial charge in [-0.1, -0.05) is 13.3 Å². The molecule has 0 bridgehead atoms. The largest absolute Gasteiger partial charge is 0.298 e. The van der Waals surface area contributed by atoms with E-state index in [1.54, 1.807) is 18.9 Å². The molecule has 3 heteroatoms. The van der Waals surface area contributed by atoms with E-state index < -0.39 is 12.0 Å². The van der Waals surface area contributed by atoms with Crippen LogP contribution in [0.3, 0.4) is 0 Å². The monoisotopic (exact) mass is 177 g/mol. The van der Waals surface area contributed by atoms with Gasteiger partial charge in [-0.25, -0.2) is 8.78 Å². The fourth-order valence-electron chi connectivity index (χ4n) is 1.84. The lowest BCUT2D eigenvalue weighted by atomic mass is 9.96. The van der Waals surface area contributed by atoms with Crippen LogP contribution in [0.1, 0.15) is 32.6 Å². The lowest BCUT2D eigenvalue weighted by Crippen LogP contribution is -2.48. The lowest BCUT2D eigenvalue weighted by molar-refractivity contribution is -0.0893. The predicted octanol–water partition coefficient (Wildman–Crippen LogP) is 2.52. The van der Waals surface area contributed by atoms with Gasteiger partial charge in [-0.2, -0.15) is 0 Å². The summed E-state index contributed by atoms with van der Waals surface area (Å²) in [6.45, 7) is 2.38. The van der Waals surface area contributed by atoms with Crippen LogP contribution in [-0.4, -0.2) is 30.5 Å². The number of hydrogen-bond acceptors (Lipinski definition) is 1. The number of halogens is 2. The van der Waals surface area contributed by atoms with Gasteiger partial charge in [0.25, 0.3) is 5.92 Å². The number of alkyl halides is 2. The Labute approximate surface area is 72.7 Å². The van der Waals surface area contributed by atoms with Crippen molar-refractivity contribution in [2.45, 2.75) is 44.6 Å². The highest BCUT2D eigenvalue weighted by atomic mass is 19.3. The Morgan fingerprint density at radius 3 is 2.58 bits per heavy atom. The SMILES string of the molecule is CCC(F)(F)[C@@H]1CCCCN1C. The minimum absolute atomic E-state index is 0.0397. The molecule has 0 aromatic heterocycles. The highest BCUT2D eigenvalue weighted by molar-refractivity contribution is 4.85. The van der Waals surface area contributed by atoms with E-state index in [9.17, 15) is 8.78 Å². The summed E-state index contributed by atoms with van der Waals surface area (Å²) in [5.41, 5.74) is 0. The first-order valence-electron chi connectivity index (χ1n) is 4.66. The molecule has 12 heavy (non-hydrogen) atoms. The number of piperidine rings is 1. The van der Waals surface area contributed by atoms with Crippen LogP contribution in [0.5, 0.6) is 0 Å². The highest BCUT2D eigenvalue weighted by Crippen LogP contribution is 2.31. The molecule has 0 N–H and O–H groups in total. The van der Waals surface area contributed by atoms with Gasteiger partial charge >= 0.3 is 0 Å². The summed E-state index contributed by atoms with van der Waals surface area (Å²) in [4.78, 5) is 1.80. The molecule has 1 saturated heterocycles. The Kier molecular flexibility index (Phi) is 3.04. The van der Waals surface area contributed by atoms with Crippen molar-refractivity contribution in [1.82, 2.24) is 4.90 Å². The molecule has 1 aliphatic rings. The average molecular weight is 177 g/mol. The zero-order valence-electron chi connectivity index (χ0n) is 7.82. The quantitative estimate of drug-likeness (QED) is 0.626. The minimum atomic E-state index is -2.49. The number of rotatable bonds is 2. The van der Waals surface area contributed by atoms with E-state index in [1.807, 2.05) is 0 Å². The third-order valence-electron chi connectivity index (χ3n) is 2.73. The Balaban J connectivity index is 2.58. The van der Waals surface area contributed by atoms with Gasteiger partial charge in [-0.05, 0) is 26.4 Å². The van der Waals surface area contributed by atoms with E-state index in [0.717, 1.165) is 19.4 Å². The van der Waals surface area contributed by atoms with Crippen LogP contribution in [0.15, 0.2) is 0 Å². The molecule has 0 aliphatic carbocycles. The van der Waals surface area contributed by atoms with Gasteiger partial charge in [-0.3, -0.25) is 4.90 Å². The number of nitrogens with zero attached hydrogens (tertiary/aromatic N) is 1. The van der Waals surface area contributed by atoms with Crippen LogP contribution < -0.4 is 0 Å². The van der Waals surface area contributed by atoms with Gasteiger partial charge in [-0.15, -0.1) is 0 Å². The van der Waals surface area contributed by atoms with Gasteiger partial charge in [0.1, 0.15) is 0 Å². The highest BCUT2D eigenvalue weighted by Gasteiger charge is 2.40. The fraction of sp³-hybridized carbons (Fsp3) is 1.00. The molecule has 72 valence electrons. The smallest absolute Gasteiger partial charge is 0.263 e. The van der Waals surface area contributed by atoms with Gasteiger partial charge in [0.2, 0.25) is 0 Å². The van der Waals surface area contributed by atoms with E-state index in [2.05, 4.69) is 0 Å². The van der Waals surface area contributed by atoms with Crippen molar-refractivity contribution in [2.75, 3.05) is 13.6 Å². The summed E-state index contributed by atoms with van der Waals surface area (Å²) >= 11 is 0. The normalized spacial score (nSPS) is 27.5. The molecule has 1 atom stereocenters. The third-order valence-corrected chi connectivity index (χ3v) is 2.73. The second-order valence-corrected chi connectivity index (χ2v) is 3.61. The van der Waals surface area contributed by atoms with Crippen molar-refractivity contribution < 1.29 is 8.78 Å². The van der Waals surface area contributed by atoms with Crippen molar-refractivity contribution in [1.29, 1.82) is 0 Å². The summed E-state index contributed by atoms with van der Waals surface area (Å²) in [6, 6.07) is -0.517. The number of likely N-dealkylation sites (tertiary alicyclic amines) is 1. The minimum Gasteiger partial charge on any atom is -0.298 e. The maximum atomic E-state index is 13.2. The van der Waals surface area contributed by atoms with Crippen LogP contribution in [0.25, 0.3) is 0 Å². The molecule has 1 aliphatic heterocycles. The van der Waals surface area contributed by atoms with E-state index in [4.69, 9.17) is 0 Å². The Morgan fingerprint density at radius 1 is 1.42 bits per heavy atom. The van der Waals surface area contributed by atoms with E-state index in [0.29, 0.717) is 6.42 Å². The van der Waals surface area contributed by atoms with E-state index in [-0.39, 0.29) is 6.42 Å². The van der Waals surface area contributed by atoms with Gasteiger partial charge in [0.15, 0.2) is 0 Å². The van der Waals surface area contributed by atoms with Crippen molar-refractivity contribution >= 4 is 0 Å². The Bertz CT molecular complexity index is 147. The molecule has 0 unspecified atom stereocenters. The molecule has 0 amide bonds. The molecule has 1 heterocycles. The van der Waals surface area contributed by atoms with Gasteiger partial charge < -0.3 is 0 Å². The van der Waals surface area contributed by atoms with Crippen LogP contribution in [0.2, 0.25) is 0 Å². The van der Waals surface area contributed by atoms with Crippen molar-refractivity contribution in [3.63, 3.8) is 0 Å². The first-order chi connectivity index (χ1) is 5.58. The molecular weight excluding hydrogens is 160 g/mol. The predicted molar refractivity (Wildman–Crippen MR) is 45.5 cm³/mol. The average Bonchev–Trinajstić information content (AvgIpc) is 2.05.